The molecule has 0 amide bonds. The van der Waals surface area contributed by atoms with Gasteiger partial charge in [0.2, 0.25) is 0 Å². The van der Waals surface area contributed by atoms with Gasteiger partial charge in [-0.1, -0.05) is 19.8 Å². The second-order valence-corrected chi connectivity index (χ2v) is 10.9. The molecule has 1 aromatic rings. The fraction of sp³-hybridized carbons (Fsp3) is 0.826. The highest BCUT2D eigenvalue weighted by molar-refractivity contribution is 7.11. The first-order valence-electron chi connectivity index (χ1n) is 10.9. The second-order valence-electron chi connectivity index (χ2n) is 8.94. The maximum Gasteiger partial charge on any atom is 0.0596 e. The molecule has 1 N–H and O–H groups in total. The summed E-state index contributed by atoms with van der Waals surface area (Å²) in [5, 5.41) is 11.0. The van der Waals surface area contributed by atoms with Crippen molar-refractivity contribution in [2.45, 2.75) is 102 Å². The van der Waals surface area contributed by atoms with Crippen molar-refractivity contribution >= 4 is 22.9 Å². The molecule has 3 heteroatoms. The van der Waals surface area contributed by atoms with Crippen LogP contribution in [0.3, 0.4) is 0 Å². The normalized spacial score (nSPS) is 28.8. The average molecular weight is 397 g/mol. The molecule has 1 unspecified atom stereocenters. The summed E-state index contributed by atoms with van der Waals surface area (Å²) in [6.45, 7) is 4.44. The van der Waals surface area contributed by atoms with Crippen LogP contribution in [0.5, 0.6) is 0 Å². The summed E-state index contributed by atoms with van der Waals surface area (Å²) in [4.78, 5) is 2.96. The molecule has 0 saturated heterocycles. The van der Waals surface area contributed by atoms with Crippen LogP contribution in [-0.2, 0) is 6.42 Å². The number of thiophene rings is 1. The van der Waals surface area contributed by atoms with E-state index in [1.807, 2.05) is 11.3 Å². The lowest BCUT2D eigenvalue weighted by molar-refractivity contribution is -0.0437. The lowest BCUT2D eigenvalue weighted by atomic mass is 9.62. The fourth-order valence-corrected chi connectivity index (χ4v) is 6.83. The quantitative estimate of drug-likeness (QED) is 0.417. The zero-order valence-corrected chi connectivity index (χ0v) is 18.3. The largest absolute Gasteiger partial charge is 0.393 e. The van der Waals surface area contributed by atoms with Gasteiger partial charge in [-0.2, -0.15) is 0 Å². The Morgan fingerprint density at radius 3 is 2.65 bits per heavy atom. The smallest absolute Gasteiger partial charge is 0.0596 e. The molecule has 0 radical (unpaired) electrons. The highest BCUT2D eigenvalue weighted by Crippen LogP contribution is 2.48. The van der Waals surface area contributed by atoms with Gasteiger partial charge < -0.3 is 5.11 Å². The van der Waals surface area contributed by atoms with Gasteiger partial charge >= 0.3 is 0 Å². The third kappa shape index (κ3) is 4.86. The number of aryl methyl sites for hydroxylation is 2. The lowest BCUT2D eigenvalue weighted by Crippen LogP contribution is -2.40. The van der Waals surface area contributed by atoms with Gasteiger partial charge in [0, 0.05) is 15.1 Å². The van der Waals surface area contributed by atoms with Crippen LogP contribution in [0.25, 0.3) is 0 Å². The molecule has 0 aromatic carbocycles. The average Bonchev–Trinajstić information content (AvgIpc) is 3.14. The molecular formula is C23H37ClOS. The summed E-state index contributed by atoms with van der Waals surface area (Å²) < 4.78 is 0. The number of aliphatic hydroxyl groups excluding tert-OH is 1. The maximum atomic E-state index is 10.7. The van der Waals surface area contributed by atoms with Crippen LogP contribution in [0.2, 0.25) is 0 Å². The summed E-state index contributed by atoms with van der Waals surface area (Å²) in [5.74, 6) is 1.48. The number of alkyl halides is 1. The van der Waals surface area contributed by atoms with Crippen LogP contribution in [0, 0.1) is 24.2 Å². The minimum atomic E-state index is -0.0862. The van der Waals surface area contributed by atoms with E-state index in [9.17, 15) is 5.11 Å². The van der Waals surface area contributed by atoms with Gasteiger partial charge in [0.05, 0.1) is 6.10 Å². The van der Waals surface area contributed by atoms with Crippen molar-refractivity contribution in [2.75, 3.05) is 0 Å². The monoisotopic (exact) mass is 396 g/mol. The predicted molar refractivity (Wildman–Crippen MR) is 114 cm³/mol. The molecular weight excluding hydrogens is 360 g/mol. The molecule has 4 atom stereocenters. The van der Waals surface area contributed by atoms with Gasteiger partial charge in [-0.15, -0.1) is 22.9 Å². The van der Waals surface area contributed by atoms with Crippen molar-refractivity contribution in [2.24, 2.45) is 17.3 Å². The van der Waals surface area contributed by atoms with E-state index in [0.29, 0.717) is 11.3 Å². The third-order valence-corrected chi connectivity index (χ3v) is 9.06. The Morgan fingerprint density at radius 2 is 2.04 bits per heavy atom. The van der Waals surface area contributed by atoms with Crippen LogP contribution >= 0.6 is 22.9 Å². The first kappa shape index (κ1) is 20.7. The molecule has 0 aliphatic heterocycles. The highest BCUT2D eigenvalue weighted by atomic mass is 35.5. The van der Waals surface area contributed by atoms with Crippen LogP contribution in [0.1, 0.15) is 87.3 Å². The Balaban J connectivity index is 1.40. The minimum absolute atomic E-state index is 0.0862. The highest BCUT2D eigenvalue weighted by Gasteiger charge is 2.41. The predicted octanol–water partition coefficient (Wildman–Crippen LogP) is 7.12. The van der Waals surface area contributed by atoms with Gasteiger partial charge in [0.15, 0.2) is 0 Å². The number of aliphatic hydroxyl groups is 1. The maximum absolute atomic E-state index is 10.7. The SMILES string of the molecule is CCC1(C(O)CCC[C@@H]2[C@@H](CCCc3ccc(C)s3)CC[C@H]2Cl)CCC1. The summed E-state index contributed by atoms with van der Waals surface area (Å²) >= 11 is 8.63. The van der Waals surface area contributed by atoms with Crippen LogP contribution in [0.4, 0.5) is 0 Å². The zero-order chi connectivity index (χ0) is 18.6. The molecule has 148 valence electrons. The molecule has 0 spiro atoms. The van der Waals surface area contributed by atoms with Crippen molar-refractivity contribution in [1.82, 2.24) is 0 Å². The van der Waals surface area contributed by atoms with Crippen molar-refractivity contribution in [1.29, 1.82) is 0 Å². The number of hydrogen-bond donors (Lipinski definition) is 1. The Morgan fingerprint density at radius 1 is 1.23 bits per heavy atom. The lowest BCUT2D eigenvalue weighted by Gasteiger charge is -2.45. The van der Waals surface area contributed by atoms with E-state index in [4.69, 9.17) is 11.6 Å². The Hall–Kier alpha value is -0.0500. The summed E-state index contributed by atoms with van der Waals surface area (Å²) in [5.41, 5.74) is 0.258. The van der Waals surface area contributed by atoms with E-state index in [1.54, 1.807) is 0 Å². The Labute approximate surface area is 169 Å². The van der Waals surface area contributed by atoms with Crippen molar-refractivity contribution in [3.05, 3.63) is 21.9 Å². The van der Waals surface area contributed by atoms with Gasteiger partial charge in [0.25, 0.3) is 0 Å². The minimum Gasteiger partial charge on any atom is -0.393 e. The molecule has 1 nitrogen and oxygen atoms in total. The molecule has 2 aliphatic rings. The van der Waals surface area contributed by atoms with Crippen LogP contribution in [0.15, 0.2) is 12.1 Å². The molecule has 0 bridgehead atoms. The number of halogens is 1. The van der Waals surface area contributed by atoms with E-state index in [0.717, 1.165) is 25.2 Å². The van der Waals surface area contributed by atoms with Crippen molar-refractivity contribution in [3.8, 4) is 0 Å². The molecule has 2 fully saturated rings. The first-order valence-corrected chi connectivity index (χ1v) is 12.2. The standard InChI is InChI=1S/C23H37ClOS/c1-3-23(15-6-16-23)22(25)10-5-9-20-18(12-14-21(20)24)7-4-8-19-13-11-17(2)26-19/h11,13,18,20-22,25H,3-10,12,14-16H2,1-2H3/t18-,20+,21+,22?/m0/s1. The first-order chi connectivity index (χ1) is 12.5. The van der Waals surface area contributed by atoms with Crippen LogP contribution in [-0.4, -0.2) is 16.6 Å². The second kappa shape index (κ2) is 9.43. The van der Waals surface area contributed by atoms with Gasteiger partial charge in [-0.05, 0) is 101 Å². The van der Waals surface area contributed by atoms with Crippen molar-refractivity contribution < 1.29 is 5.11 Å². The van der Waals surface area contributed by atoms with Gasteiger partial charge in [0.1, 0.15) is 0 Å². The van der Waals surface area contributed by atoms with E-state index < -0.39 is 0 Å². The summed E-state index contributed by atoms with van der Waals surface area (Å²) in [6.07, 6.45) is 14.5. The molecule has 26 heavy (non-hydrogen) atoms. The molecule has 1 aromatic heterocycles. The van der Waals surface area contributed by atoms with E-state index in [1.165, 1.54) is 67.5 Å². The number of rotatable bonds is 10. The molecule has 2 aliphatic carbocycles. The molecule has 3 rings (SSSR count). The molecule has 1 heterocycles. The Kier molecular flexibility index (Phi) is 7.50. The van der Waals surface area contributed by atoms with Crippen LogP contribution < -0.4 is 0 Å². The molecule has 2 saturated carbocycles. The zero-order valence-electron chi connectivity index (χ0n) is 16.7. The van der Waals surface area contributed by atoms with Gasteiger partial charge in [-0.3, -0.25) is 0 Å². The van der Waals surface area contributed by atoms with E-state index in [-0.39, 0.29) is 11.5 Å². The van der Waals surface area contributed by atoms with E-state index >= 15 is 0 Å². The van der Waals surface area contributed by atoms with E-state index in [2.05, 4.69) is 26.0 Å². The third-order valence-electron chi connectivity index (χ3n) is 7.45. The summed E-state index contributed by atoms with van der Waals surface area (Å²) in [6, 6.07) is 4.53. The topological polar surface area (TPSA) is 20.2 Å². The van der Waals surface area contributed by atoms with Crippen molar-refractivity contribution in [3.63, 3.8) is 0 Å². The number of hydrogen-bond acceptors (Lipinski definition) is 2. The summed E-state index contributed by atoms with van der Waals surface area (Å²) in [7, 11) is 0. The Bertz CT molecular complexity index is 545. The fourth-order valence-electron chi connectivity index (χ4n) is 5.44. The van der Waals surface area contributed by atoms with Gasteiger partial charge in [-0.25, -0.2) is 0 Å².